The summed E-state index contributed by atoms with van der Waals surface area (Å²) in [6.45, 7) is 7.45. The minimum absolute atomic E-state index is 0.00717. The molecule has 1 fully saturated rings. The highest BCUT2D eigenvalue weighted by atomic mass is 16.2. The van der Waals surface area contributed by atoms with Gasteiger partial charge in [-0.1, -0.05) is 6.92 Å². The third kappa shape index (κ3) is 2.89. The molecule has 1 aromatic rings. The van der Waals surface area contributed by atoms with Crippen LogP contribution in [0.3, 0.4) is 0 Å². The van der Waals surface area contributed by atoms with E-state index in [-0.39, 0.29) is 11.3 Å². The molecule has 0 spiro atoms. The Morgan fingerprint density at radius 2 is 2.16 bits per heavy atom. The van der Waals surface area contributed by atoms with E-state index in [4.69, 9.17) is 0 Å². The number of aromatic nitrogens is 3. The van der Waals surface area contributed by atoms with Crippen molar-refractivity contribution in [2.24, 2.45) is 5.41 Å². The predicted octanol–water partition coefficient (Wildman–Crippen LogP) is 1.21. The fraction of sp³-hybridized carbons (Fsp3) is 0.692. The average molecular weight is 263 g/mol. The number of amides is 1. The number of piperidine rings is 1. The minimum Gasteiger partial charge on any atom is -0.316 e. The van der Waals surface area contributed by atoms with Crippen LogP contribution in [0.2, 0.25) is 0 Å². The standard InChI is InChI=1S/C13H21N5O/c1-4-13(6-5-7-14-8-13)11(19)16-12-15-9(2)10(3)17-18-12/h14H,4-8H2,1-3H3,(H,15,16,18,19). The molecule has 104 valence electrons. The van der Waals surface area contributed by atoms with Gasteiger partial charge in [0.2, 0.25) is 11.9 Å². The Kier molecular flexibility index (Phi) is 4.09. The van der Waals surface area contributed by atoms with Crippen LogP contribution in [-0.4, -0.2) is 34.2 Å². The minimum atomic E-state index is -0.347. The molecule has 0 saturated carbocycles. The molecule has 2 rings (SSSR count). The maximum absolute atomic E-state index is 12.5. The summed E-state index contributed by atoms with van der Waals surface area (Å²) >= 11 is 0. The van der Waals surface area contributed by atoms with Crippen molar-refractivity contribution in [3.05, 3.63) is 11.4 Å². The third-order valence-electron chi connectivity index (χ3n) is 3.95. The molecule has 19 heavy (non-hydrogen) atoms. The highest BCUT2D eigenvalue weighted by Gasteiger charge is 2.38. The van der Waals surface area contributed by atoms with Crippen LogP contribution in [0, 0.1) is 19.3 Å². The van der Waals surface area contributed by atoms with Gasteiger partial charge < -0.3 is 5.32 Å². The van der Waals surface area contributed by atoms with Crippen LogP contribution >= 0.6 is 0 Å². The van der Waals surface area contributed by atoms with Crippen molar-refractivity contribution in [3.8, 4) is 0 Å². The maximum atomic E-state index is 12.5. The molecule has 1 amide bonds. The molecule has 1 aliphatic heterocycles. The second kappa shape index (κ2) is 5.61. The van der Waals surface area contributed by atoms with Crippen LogP contribution < -0.4 is 10.6 Å². The lowest BCUT2D eigenvalue weighted by molar-refractivity contribution is -0.126. The second-order valence-corrected chi connectivity index (χ2v) is 5.17. The fourth-order valence-electron chi connectivity index (χ4n) is 2.37. The molecular weight excluding hydrogens is 242 g/mol. The van der Waals surface area contributed by atoms with E-state index in [9.17, 15) is 4.79 Å². The number of carbonyl (C=O) groups excluding carboxylic acids is 1. The lowest BCUT2D eigenvalue weighted by Gasteiger charge is -2.35. The predicted molar refractivity (Wildman–Crippen MR) is 72.8 cm³/mol. The van der Waals surface area contributed by atoms with Crippen molar-refractivity contribution in [2.75, 3.05) is 18.4 Å². The summed E-state index contributed by atoms with van der Waals surface area (Å²) in [5.74, 6) is 0.291. The summed E-state index contributed by atoms with van der Waals surface area (Å²) < 4.78 is 0. The number of hydrogen-bond donors (Lipinski definition) is 2. The molecule has 1 aromatic heterocycles. The molecule has 6 nitrogen and oxygen atoms in total. The molecule has 0 radical (unpaired) electrons. The summed E-state index contributed by atoms with van der Waals surface area (Å²) in [6.07, 6.45) is 2.73. The molecule has 1 unspecified atom stereocenters. The van der Waals surface area contributed by atoms with E-state index >= 15 is 0 Å². The molecule has 0 aromatic carbocycles. The Bertz CT molecular complexity index is 468. The van der Waals surface area contributed by atoms with Crippen molar-refractivity contribution in [1.29, 1.82) is 0 Å². The number of hydrogen-bond acceptors (Lipinski definition) is 5. The van der Waals surface area contributed by atoms with Gasteiger partial charge in [0.1, 0.15) is 0 Å². The van der Waals surface area contributed by atoms with Crippen molar-refractivity contribution >= 4 is 11.9 Å². The fourth-order valence-corrected chi connectivity index (χ4v) is 2.37. The number of aryl methyl sites for hydroxylation is 2. The molecule has 0 bridgehead atoms. The first-order valence-electron chi connectivity index (χ1n) is 6.77. The molecule has 1 aliphatic rings. The molecule has 1 atom stereocenters. The number of anilines is 1. The van der Waals surface area contributed by atoms with E-state index in [1.807, 2.05) is 20.8 Å². The van der Waals surface area contributed by atoms with Crippen molar-refractivity contribution in [3.63, 3.8) is 0 Å². The summed E-state index contributed by atoms with van der Waals surface area (Å²) in [7, 11) is 0. The van der Waals surface area contributed by atoms with E-state index in [0.717, 1.165) is 37.2 Å². The smallest absolute Gasteiger partial charge is 0.249 e. The van der Waals surface area contributed by atoms with Crippen LogP contribution in [0.1, 0.15) is 37.6 Å². The van der Waals surface area contributed by atoms with Gasteiger partial charge in [0.25, 0.3) is 0 Å². The Labute approximate surface area is 113 Å². The lowest BCUT2D eigenvalue weighted by atomic mass is 9.77. The largest absolute Gasteiger partial charge is 0.316 e. The lowest BCUT2D eigenvalue weighted by Crippen LogP contribution is -2.47. The molecule has 0 aliphatic carbocycles. The maximum Gasteiger partial charge on any atom is 0.249 e. The van der Waals surface area contributed by atoms with Gasteiger partial charge in [-0.05, 0) is 39.7 Å². The van der Waals surface area contributed by atoms with Crippen molar-refractivity contribution in [1.82, 2.24) is 20.5 Å². The van der Waals surface area contributed by atoms with Gasteiger partial charge in [-0.25, -0.2) is 4.98 Å². The normalized spacial score (nSPS) is 23.1. The quantitative estimate of drug-likeness (QED) is 0.856. The molecule has 2 N–H and O–H groups in total. The topological polar surface area (TPSA) is 79.8 Å². The monoisotopic (exact) mass is 263 g/mol. The Balaban J connectivity index is 2.12. The van der Waals surface area contributed by atoms with Gasteiger partial charge in [0.05, 0.1) is 16.8 Å². The van der Waals surface area contributed by atoms with Crippen LogP contribution in [-0.2, 0) is 4.79 Å². The zero-order chi connectivity index (χ0) is 13.9. The molecule has 2 heterocycles. The van der Waals surface area contributed by atoms with Gasteiger partial charge in [-0.15, -0.1) is 5.10 Å². The second-order valence-electron chi connectivity index (χ2n) is 5.17. The molecular formula is C13H21N5O. The molecule has 1 saturated heterocycles. The van der Waals surface area contributed by atoms with Crippen LogP contribution in [0.25, 0.3) is 0 Å². The summed E-state index contributed by atoms with van der Waals surface area (Å²) in [5.41, 5.74) is 1.22. The van der Waals surface area contributed by atoms with E-state index < -0.39 is 0 Å². The highest BCUT2D eigenvalue weighted by molar-refractivity contribution is 5.94. The van der Waals surface area contributed by atoms with Crippen LogP contribution in [0.4, 0.5) is 5.95 Å². The number of nitrogens with zero attached hydrogens (tertiary/aromatic N) is 3. The van der Waals surface area contributed by atoms with Crippen LogP contribution in [0.5, 0.6) is 0 Å². The van der Waals surface area contributed by atoms with Gasteiger partial charge in [-0.3, -0.25) is 10.1 Å². The number of nitrogens with one attached hydrogen (secondary N) is 2. The zero-order valence-electron chi connectivity index (χ0n) is 11.8. The zero-order valence-corrected chi connectivity index (χ0v) is 11.8. The number of rotatable bonds is 3. The number of carbonyl (C=O) groups is 1. The van der Waals surface area contributed by atoms with E-state index in [0.29, 0.717) is 12.5 Å². The van der Waals surface area contributed by atoms with Gasteiger partial charge in [0.15, 0.2) is 0 Å². The molecule has 6 heteroatoms. The van der Waals surface area contributed by atoms with Gasteiger partial charge in [0, 0.05) is 6.54 Å². The Hall–Kier alpha value is -1.56. The van der Waals surface area contributed by atoms with Crippen molar-refractivity contribution in [2.45, 2.75) is 40.0 Å². The first-order chi connectivity index (χ1) is 9.07. The van der Waals surface area contributed by atoms with Crippen LogP contribution in [0.15, 0.2) is 0 Å². The van der Waals surface area contributed by atoms with Crippen molar-refractivity contribution < 1.29 is 4.79 Å². The highest BCUT2D eigenvalue weighted by Crippen LogP contribution is 2.31. The van der Waals surface area contributed by atoms with Gasteiger partial charge >= 0.3 is 0 Å². The summed E-state index contributed by atoms with van der Waals surface area (Å²) in [6, 6.07) is 0. The van der Waals surface area contributed by atoms with E-state index in [2.05, 4.69) is 25.8 Å². The average Bonchev–Trinajstić information content (AvgIpc) is 2.43. The Morgan fingerprint density at radius 3 is 2.74 bits per heavy atom. The first kappa shape index (κ1) is 13.9. The van der Waals surface area contributed by atoms with E-state index in [1.165, 1.54) is 0 Å². The summed E-state index contributed by atoms with van der Waals surface area (Å²) in [4.78, 5) is 16.7. The SMILES string of the molecule is CCC1(C(=O)Nc2nnc(C)c(C)n2)CCCNC1. The first-order valence-corrected chi connectivity index (χ1v) is 6.77. The third-order valence-corrected chi connectivity index (χ3v) is 3.95. The van der Waals surface area contributed by atoms with E-state index in [1.54, 1.807) is 0 Å². The summed E-state index contributed by atoms with van der Waals surface area (Å²) in [5, 5.41) is 14.0. The Morgan fingerprint density at radius 1 is 1.37 bits per heavy atom. The van der Waals surface area contributed by atoms with Gasteiger partial charge in [-0.2, -0.15) is 5.10 Å².